The molecule has 0 unspecified atom stereocenters. The number of ether oxygens (including phenoxy) is 1. The van der Waals surface area contributed by atoms with Crippen molar-refractivity contribution >= 4 is 17.5 Å². The summed E-state index contributed by atoms with van der Waals surface area (Å²) >= 11 is 5.77. The number of nitrogens with two attached hydrogens (primary N) is 1. The van der Waals surface area contributed by atoms with Crippen molar-refractivity contribution < 1.29 is 13.9 Å². The summed E-state index contributed by atoms with van der Waals surface area (Å²) < 4.78 is 10.4. The zero-order valence-electron chi connectivity index (χ0n) is 8.72. The summed E-state index contributed by atoms with van der Waals surface area (Å²) in [5.74, 6) is 0.314. The number of nitrogens with zero attached hydrogens (tertiary/aromatic N) is 1. The second kappa shape index (κ2) is 4.88. The van der Waals surface area contributed by atoms with E-state index in [9.17, 15) is 4.79 Å². The lowest BCUT2D eigenvalue weighted by molar-refractivity contribution is 0.0995. The quantitative estimate of drug-likeness (QED) is 0.903. The zero-order chi connectivity index (χ0) is 12.3. The third kappa shape index (κ3) is 2.76. The number of aromatic nitrogens is 1. The summed E-state index contributed by atoms with van der Waals surface area (Å²) in [6, 6.07) is 4.65. The Hall–Kier alpha value is -2.01. The van der Waals surface area contributed by atoms with Crippen molar-refractivity contribution in [3.05, 3.63) is 47.1 Å². The molecule has 2 rings (SSSR count). The monoisotopic (exact) mass is 252 g/mol. The highest BCUT2D eigenvalue weighted by molar-refractivity contribution is 6.31. The van der Waals surface area contributed by atoms with Crippen LogP contribution in [0.2, 0.25) is 5.02 Å². The van der Waals surface area contributed by atoms with Gasteiger partial charge in [0, 0.05) is 5.02 Å². The molecule has 0 fully saturated rings. The lowest BCUT2D eigenvalue weighted by Gasteiger charge is -2.08. The van der Waals surface area contributed by atoms with Crippen LogP contribution in [0.3, 0.4) is 0 Å². The number of hydrogen-bond acceptors (Lipinski definition) is 4. The highest BCUT2D eigenvalue weighted by Crippen LogP contribution is 2.23. The van der Waals surface area contributed by atoms with Crippen LogP contribution in [0.5, 0.6) is 5.75 Å². The fourth-order valence-electron chi connectivity index (χ4n) is 1.28. The maximum atomic E-state index is 11.2. The van der Waals surface area contributed by atoms with Gasteiger partial charge in [-0.1, -0.05) is 11.6 Å². The Morgan fingerprint density at radius 2 is 2.35 bits per heavy atom. The molecular formula is C11H9ClN2O3. The van der Waals surface area contributed by atoms with Gasteiger partial charge in [0.1, 0.15) is 12.4 Å². The van der Waals surface area contributed by atoms with E-state index in [0.29, 0.717) is 16.5 Å². The summed E-state index contributed by atoms with van der Waals surface area (Å²) in [4.78, 5) is 14.9. The molecule has 0 saturated heterocycles. The fourth-order valence-corrected chi connectivity index (χ4v) is 1.46. The minimum atomic E-state index is -0.597. The molecule has 0 aliphatic rings. The van der Waals surface area contributed by atoms with Gasteiger partial charge in [-0.25, -0.2) is 4.98 Å². The second-order valence-electron chi connectivity index (χ2n) is 3.26. The number of benzene rings is 1. The lowest BCUT2D eigenvalue weighted by Crippen LogP contribution is -2.13. The SMILES string of the molecule is NC(=O)c1cc(Cl)ccc1OCc1cnco1. The van der Waals surface area contributed by atoms with Gasteiger partial charge in [-0.2, -0.15) is 0 Å². The van der Waals surface area contributed by atoms with E-state index in [1.54, 1.807) is 12.1 Å². The van der Waals surface area contributed by atoms with Gasteiger partial charge in [-0.3, -0.25) is 4.79 Å². The van der Waals surface area contributed by atoms with Gasteiger partial charge < -0.3 is 14.9 Å². The number of halogens is 1. The van der Waals surface area contributed by atoms with E-state index in [4.69, 9.17) is 26.5 Å². The minimum Gasteiger partial charge on any atom is -0.485 e. The van der Waals surface area contributed by atoms with Crippen molar-refractivity contribution in [2.45, 2.75) is 6.61 Å². The molecule has 88 valence electrons. The molecule has 1 heterocycles. The highest BCUT2D eigenvalue weighted by atomic mass is 35.5. The highest BCUT2D eigenvalue weighted by Gasteiger charge is 2.10. The third-order valence-corrected chi connectivity index (χ3v) is 2.30. The number of amides is 1. The lowest BCUT2D eigenvalue weighted by atomic mass is 10.2. The Morgan fingerprint density at radius 3 is 3.00 bits per heavy atom. The Bertz CT molecular complexity index is 526. The van der Waals surface area contributed by atoms with E-state index in [1.165, 1.54) is 18.7 Å². The largest absolute Gasteiger partial charge is 0.485 e. The second-order valence-corrected chi connectivity index (χ2v) is 3.70. The topological polar surface area (TPSA) is 78.4 Å². The van der Waals surface area contributed by atoms with Crippen LogP contribution in [0, 0.1) is 0 Å². The average Bonchev–Trinajstić information content (AvgIpc) is 2.80. The van der Waals surface area contributed by atoms with Crippen LogP contribution in [0.25, 0.3) is 0 Å². The van der Waals surface area contributed by atoms with Crippen LogP contribution >= 0.6 is 11.6 Å². The van der Waals surface area contributed by atoms with Gasteiger partial charge in [0.25, 0.3) is 5.91 Å². The van der Waals surface area contributed by atoms with Crippen molar-refractivity contribution in [3.63, 3.8) is 0 Å². The molecule has 0 saturated carbocycles. The number of hydrogen-bond donors (Lipinski definition) is 1. The Kier molecular flexibility index (Phi) is 3.30. The van der Waals surface area contributed by atoms with Crippen LogP contribution in [0.4, 0.5) is 0 Å². The van der Waals surface area contributed by atoms with E-state index < -0.39 is 5.91 Å². The van der Waals surface area contributed by atoms with Crippen LogP contribution < -0.4 is 10.5 Å². The predicted molar refractivity (Wildman–Crippen MR) is 60.8 cm³/mol. The third-order valence-electron chi connectivity index (χ3n) is 2.06. The van der Waals surface area contributed by atoms with E-state index in [0.717, 1.165) is 0 Å². The first-order valence-electron chi connectivity index (χ1n) is 4.76. The van der Waals surface area contributed by atoms with Gasteiger partial charge in [0.05, 0.1) is 11.8 Å². The molecule has 5 nitrogen and oxygen atoms in total. The predicted octanol–water partition coefficient (Wildman–Crippen LogP) is 2.01. The van der Waals surface area contributed by atoms with Crippen molar-refractivity contribution in [2.75, 3.05) is 0 Å². The normalized spacial score (nSPS) is 10.2. The average molecular weight is 253 g/mol. The Morgan fingerprint density at radius 1 is 1.53 bits per heavy atom. The minimum absolute atomic E-state index is 0.169. The fraction of sp³-hybridized carbons (Fsp3) is 0.0909. The van der Waals surface area contributed by atoms with Crippen molar-refractivity contribution in [1.82, 2.24) is 4.98 Å². The number of primary amides is 1. The maximum Gasteiger partial charge on any atom is 0.252 e. The molecule has 6 heteroatoms. The van der Waals surface area contributed by atoms with Gasteiger partial charge in [0.15, 0.2) is 12.2 Å². The first kappa shape index (κ1) is 11.5. The molecule has 0 radical (unpaired) electrons. The molecule has 2 N–H and O–H groups in total. The summed E-state index contributed by atoms with van der Waals surface area (Å²) in [6.07, 6.45) is 2.83. The maximum absolute atomic E-state index is 11.2. The van der Waals surface area contributed by atoms with E-state index in [1.807, 2.05) is 0 Å². The number of carbonyl (C=O) groups excluding carboxylic acids is 1. The van der Waals surface area contributed by atoms with Gasteiger partial charge in [0.2, 0.25) is 0 Å². The molecule has 0 atom stereocenters. The molecule has 0 bridgehead atoms. The zero-order valence-corrected chi connectivity index (χ0v) is 9.48. The Balaban J connectivity index is 2.17. The summed E-state index contributed by atoms with van der Waals surface area (Å²) in [5, 5.41) is 0.422. The molecule has 2 aromatic rings. The van der Waals surface area contributed by atoms with E-state index >= 15 is 0 Å². The van der Waals surface area contributed by atoms with Crippen molar-refractivity contribution in [3.8, 4) is 5.75 Å². The van der Waals surface area contributed by atoms with Crippen LogP contribution in [-0.2, 0) is 6.61 Å². The Labute approximate surface area is 102 Å². The molecule has 1 amide bonds. The molecule has 0 spiro atoms. The molecule has 17 heavy (non-hydrogen) atoms. The van der Waals surface area contributed by atoms with Crippen LogP contribution in [0.1, 0.15) is 16.1 Å². The van der Waals surface area contributed by atoms with Gasteiger partial charge in [-0.15, -0.1) is 0 Å². The van der Waals surface area contributed by atoms with E-state index in [-0.39, 0.29) is 12.2 Å². The first-order valence-corrected chi connectivity index (χ1v) is 5.14. The first-order chi connectivity index (χ1) is 8.16. The van der Waals surface area contributed by atoms with Crippen LogP contribution in [0.15, 0.2) is 35.2 Å². The number of rotatable bonds is 4. The van der Waals surface area contributed by atoms with Crippen LogP contribution in [-0.4, -0.2) is 10.9 Å². The van der Waals surface area contributed by atoms with E-state index in [2.05, 4.69) is 4.98 Å². The molecular weight excluding hydrogens is 244 g/mol. The molecule has 0 aliphatic heterocycles. The van der Waals surface area contributed by atoms with Gasteiger partial charge in [-0.05, 0) is 18.2 Å². The number of oxazole rings is 1. The van der Waals surface area contributed by atoms with Crippen molar-refractivity contribution in [1.29, 1.82) is 0 Å². The van der Waals surface area contributed by atoms with Crippen molar-refractivity contribution in [2.24, 2.45) is 5.73 Å². The molecule has 0 aliphatic carbocycles. The van der Waals surface area contributed by atoms with Gasteiger partial charge >= 0.3 is 0 Å². The standard InChI is InChI=1S/C11H9ClN2O3/c12-7-1-2-10(9(3-7)11(13)15)16-5-8-4-14-6-17-8/h1-4,6H,5H2,(H2,13,15). The molecule has 1 aromatic heterocycles. The summed E-state index contributed by atoms with van der Waals surface area (Å²) in [7, 11) is 0. The summed E-state index contributed by atoms with van der Waals surface area (Å²) in [6.45, 7) is 0.169. The summed E-state index contributed by atoms with van der Waals surface area (Å²) in [5.41, 5.74) is 5.45. The smallest absolute Gasteiger partial charge is 0.252 e. The molecule has 1 aromatic carbocycles. The number of carbonyl (C=O) groups is 1.